The van der Waals surface area contributed by atoms with Crippen molar-refractivity contribution in [2.75, 3.05) is 5.32 Å². The van der Waals surface area contributed by atoms with Gasteiger partial charge in [-0.2, -0.15) is 13.8 Å². The van der Waals surface area contributed by atoms with Gasteiger partial charge in [-0.25, -0.2) is 8.78 Å². The van der Waals surface area contributed by atoms with Crippen LogP contribution in [0.25, 0.3) is 0 Å². The first-order valence-corrected chi connectivity index (χ1v) is 5.51. The van der Waals surface area contributed by atoms with E-state index in [0.717, 1.165) is 24.3 Å². The van der Waals surface area contributed by atoms with Gasteiger partial charge in [-0.1, -0.05) is 6.07 Å². The summed E-state index contributed by atoms with van der Waals surface area (Å²) in [5, 5.41) is 2.16. The molecule has 2 aromatic rings. The number of amides is 1. The molecule has 1 N–H and O–H groups in total. The molecule has 1 aromatic carbocycles. The van der Waals surface area contributed by atoms with E-state index in [0.29, 0.717) is 0 Å². The van der Waals surface area contributed by atoms with E-state index < -0.39 is 29.4 Å². The monoisotopic (exact) mass is 284 g/mol. The highest BCUT2D eigenvalue weighted by atomic mass is 19.2. The zero-order valence-corrected chi connectivity index (χ0v) is 9.96. The molecule has 1 heterocycles. The molecule has 20 heavy (non-hydrogen) atoms. The lowest BCUT2D eigenvalue weighted by Crippen LogP contribution is -2.16. The van der Waals surface area contributed by atoms with Gasteiger partial charge >= 0.3 is 0 Å². The highest BCUT2D eigenvalue weighted by molar-refractivity contribution is 5.92. The first-order valence-electron chi connectivity index (χ1n) is 5.51. The third-order valence-electron chi connectivity index (χ3n) is 2.44. The molecule has 0 fully saturated rings. The number of aromatic nitrogens is 1. The van der Waals surface area contributed by atoms with Crippen molar-refractivity contribution < 1.29 is 22.4 Å². The second-order valence-corrected chi connectivity index (χ2v) is 3.95. The summed E-state index contributed by atoms with van der Waals surface area (Å²) in [7, 11) is 0. The Bertz CT molecular complexity index is 661. The number of carbonyl (C=O) groups is 1. The van der Waals surface area contributed by atoms with Crippen LogP contribution >= 0.6 is 0 Å². The van der Waals surface area contributed by atoms with Gasteiger partial charge in [0.05, 0.1) is 12.1 Å². The first-order chi connectivity index (χ1) is 9.45. The Kier molecular flexibility index (Phi) is 3.97. The van der Waals surface area contributed by atoms with Gasteiger partial charge in [0.1, 0.15) is 0 Å². The number of benzene rings is 1. The Morgan fingerprint density at radius 3 is 2.45 bits per heavy atom. The molecule has 1 aromatic heterocycles. The molecule has 2 rings (SSSR count). The van der Waals surface area contributed by atoms with Crippen molar-refractivity contribution in [2.45, 2.75) is 6.42 Å². The molecule has 0 saturated heterocycles. The molecular weight excluding hydrogens is 276 g/mol. The largest absolute Gasteiger partial charge is 0.322 e. The maximum atomic E-state index is 13.2. The Hall–Kier alpha value is -2.44. The minimum Gasteiger partial charge on any atom is -0.322 e. The zero-order valence-electron chi connectivity index (χ0n) is 9.96. The zero-order chi connectivity index (χ0) is 14.7. The van der Waals surface area contributed by atoms with E-state index in [2.05, 4.69) is 10.3 Å². The highest BCUT2D eigenvalue weighted by Crippen LogP contribution is 2.13. The summed E-state index contributed by atoms with van der Waals surface area (Å²) >= 11 is 0. The quantitative estimate of drug-likeness (QED) is 0.695. The summed E-state index contributed by atoms with van der Waals surface area (Å²) in [5.41, 5.74) is -0.0733. The SMILES string of the molecule is O=C(Cc1ccc(F)c(F)c1)Nc1ccc(F)nc1F. The summed E-state index contributed by atoms with van der Waals surface area (Å²) in [6, 6.07) is 4.89. The lowest BCUT2D eigenvalue weighted by molar-refractivity contribution is -0.115. The lowest BCUT2D eigenvalue weighted by atomic mass is 10.1. The molecule has 0 aliphatic heterocycles. The van der Waals surface area contributed by atoms with Gasteiger partial charge in [-0.05, 0) is 29.8 Å². The Morgan fingerprint density at radius 1 is 1.05 bits per heavy atom. The van der Waals surface area contributed by atoms with Crippen LogP contribution in [0.3, 0.4) is 0 Å². The van der Waals surface area contributed by atoms with Crippen LogP contribution < -0.4 is 5.32 Å². The summed E-state index contributed by atoms with van der Waals surface area (Å²) in [6.07, 6.45) is -0.284. The number of hydrogen-bond acceptors (Lipinski definition) is 2. The molecule has 0 aliphatic carbocycles. The predicted octanol–water partition coefficient (Wildman–Crippen LogP) is 2.82. The van der Waals surface area contributed by atoms with E-state index in [1.54, 1.807) is 0 Å². The molecule has 0 saturated carbocycles. The number of rotatable bonds is 3. The Morgan fingerprint density at radius 2 is 1.80 bits per heavy atom. The molecule has 0 radical (unpaired) electrons. The third kappa shape index (κ3) is 3.31. The van der Waals surface area contributed by atoms with Crippen molar-refractivity contribution in [2.24, 2.45) is 0 Å². The number of halogens is 4. The van der Waals surface area contributed by atoms with Crippen molar-refractivity contribution in [1.29, 1.82) is 0 Å². The Labute approximate surface area is 111 Å². The summed E-state index contributed by atoms with van der Waals surface area (Å²) in [4.78, 5) is 14.5. The third-order valence-corrected chi connectivity index (χ3v) is 2.44. The fourth-order valence-corrected chi connectivity index (χ4v) is 1.53. The molecule has 0 bridgehead atoms. The fraction of sp³-hybridized carbons (Fsp3) is 0.0769. The number of nitrogens with one attached hydrogen (secondary N) is 1. The van der Waals surface area contributed by atoms with Crippen molar-refractivity contribution in [3.8, 4) is 0 Å². The second-order valence-electron chi connectivity index (χ2n) is 3.95. The summed E-state index contributed by atoms with van der Waals surface area (Å²) < 4.78 is 51.4. The van der Waals surface area contributed by atoms with Crippen molar-refractivity contribution in [3.63, 3.8) is 0 Å². The van der Waals surface area contributed by atoms with Crippen LogP contribution in [0.5, 0.6) is 0 Å². The molecule has 0 atom stereocenters. The van der Waals surface area contributed by atoms with Gasteiger partial charge in [0.25, 0.3) is 0 Å². The fourth-order valence-electron chi connectivity index (χ4n) is 1.53. The van der Waals surface area contributed by atoms with Crippen LogP contribution in [-0.2, 0) is 11.2 Å². The molecule has 0 spiro atoms. The van der Waals surface area contributed by atoms with Gasteiger partial charge in [-0.3, -0.25) is 4.79 Å². The minimum absolute atomic E-state index is 0.219. The van der Waals surface area contributed by atoms with Gasteiger partial charge in [0.2, 0.25) is 17.8 Å². The number of nitrogens with zero attached hydrogens (tertiary/aromatic N) is 1. The van der Waals surface area contributed by atoms with E-state index in [1.165, 1.54) is 6.07 Å². The molecule has 0 aliphatic rings. The van der Waals surface area contributed by atoms with Gasteiger partial charge in [0, 0.05) is 0 Å². The molecule has 7 heteroatoms. The number of pyridine rings is 1. The molecule has 0 unspecified atom stereocenters. The maximum Gasteiger partial charge on any atom is 0.239 e. The summed E-state index contributed by atoms with van der Waals surface area (Å²) in [6.45, 7) is 0. The lowest BCUT2D eigenvalue weighted by Gasteiger charge is -2.06. The van der Waals surface area contributed by atoms with Gasteiger partial charge in [-0.15, -0.1) is 0 Å². The topological polar surface area (TPSA) is 42.0 Å². The van der Waals surface area contributed by atoms with E-state index in [9.17, 15) is 22.4 Å². The van der Waals surface area contributed by atoms with E-state index in [4.69, 9.17) is 0 Å². The van der Waals surface area contributed by atoms with Crippen LogP contribution in [0.1, 0.15) is 5.56 Å². The van der Waals surface area contributed by atoms with Crippen molar-refractivity contribution in [3.05, 3.63) is 59.4 Å². The minimum atomic E-state index is -1.16. The Balaban J connectivity index is 2.07. The van der Waals surface area contributed by atoms with Gasteiger partial charge in [0.15, 0.2) is 11.6 Å². The number of hydrogen-bond donors (Lipinski definition) is 1. The average molecular weight is 284 g/mol. The van der Waals surface area contributed by atoms with Crippen LogP contribution in [0.2, 0.25) is 0 Å². The molecule has 1 amide bonds. The average Bonchev–Trinajstić information content (AvgIpc) is 2.37. The van der Waals surface area contributed by atoms with Crippen molar-refractivity contribution in [1.82, 2.24) is 4.98 Å². The first kappa shape index (κ1) is 14.0. The maximum absolute atomic E-state index is 13.2. The normalized spacial score (nSPS) is 10.4. The van der Waals surface area contributed by atoms with Crippen LogP contribution in [0.4, 0.5) is 23.2 Å². The summed E-state index contributed by atoms with van der Waals surface area (Å²) in [5.74, 6) is -4.94. The molecule has 3 nitrogen and oxygen atoms in total. The van der Waals surface area contributed by atoms with Crippen LogP contribution in [0, 0.1) is 23.5 Å². The van der Waals surface area contributed by atoms with Crippen molar-refractivity contribution >= 4 is 11.6 Å². The molecular formula is C13H8F4N2O. The standard InChI is InChI=1S/C13H8F4N2O/c14-8-2-1-7(5-9(8)15)6-12(20)18-10-3-4-11(16)19-13(10)17/h1-5H,6H2,(H,18,20). The van der Waals surface area contributed by atoms with E-state index in [-0.39, 0.29) is 17.7 Å². The van der Waals surface area contributed by atoms with Crippen LogP contribution in [0.15, 0.2) is 30.3 Å². The predicted molar refractivity (Wildman–Crippen MR) is 62.8 cm³/mol. The number of anilines is 1. The van der Waals surface area contributed by atoms with E-state index in [1.807, 2.05) is 0 Å². The van der Waals surface area contributed by atoms with Gasteiger partial charge < -0.3 is 5.32 Å². The smallest absolute Gasteiger partial charge is 0.239 e. The second kappa shape index (κ2) is 5.68. The van der Waals surface area contributed by atoms with E-state index >= 15 is 0 Å². The highest BCUT2D eigenvalue weighted by Gasteiger charge is 2.11. The molecule has 104 valence electrons. The number of carbonyl (C=O) groups excluding carboxylic acids is 1. The van der Waals surface area contributed by atoms with Crippen LogP contribution in [-0.4, -0.2) is 10.9 Å².